The van der Waals surface area contributed by atoms with Crippen LogP contribution in [0, 0.1) is 6.92 Å². The number of nitrogens with one attached hydrogen (secondary N) is 1. The molecule has 1 N–H and O–H groups in total. The number of hydrogen-bond donors (Lipinski definition) is 1. The highest BCUT2D eigenvalue weighted by molar-refractivity contribution is 5.79. The van der Waals surface area contributed by atoms with E-state index >= 15 is 0 Å². The van der Waals surface area contributed by atoms with E-state index in [0.717, 1.165) is 33.9 Å². The summed E-state index contributed by atoms with van der Waals surface area (Å²) in [4.78, 5) is 12.3. The minimum absolute atomic E-state index is 0.0440. The van der Waals surface area contributed by atoms with E-state index in [1.54, 1.807) is 0 Å². The van der Waals surface area contributed by atoms with Crippen molar-refractivity contribution in [3.05, 3.63) is 47.0 Å². The summed E-state index contributed by atoms with van der Waals surface area (Å²) in [5.41, 5.74) is 2.92. The van der Waals surface area contributed by atoms with Crippen molar-refractivity contribution in [2.75, 3.05) is 20.0 Å². The predicted octanol–water partition coefficient (Wildman–Crippen LogP) is 2.35. The van der Waals surface area contributed by atoms with Gasteiger partial charge in [0.1, 0.15) is 13.2 Å². The second-order valence-electron chi connectivity index (χ2n) is 6.06. The number of fused-ring (bicyclic) bond motifs is 2. The first kappa shape index (κ1) is 15.6. The van der Waals surface area contributed by atoms with Gasteiger partial charge in [0.05, 0.1) is 6.42 Å². The molecular formula is C19H19NO5. The van der Waals surface area contributed by atoms with Gasteiger partial charge < -0.3 is 24.3 Å². The maximum Gasteiger partial charge on any atom is 0.231 e. The average Bonchev–Trinajstić information content (AvgIpc) is 3.08. The minimum Gasteiger partial charge on any atom is -0.486 e. The molecule has 4 rings (SSSR count). The highest BCUT2D eigenvalue weighted by Gasteiger charge is 2.16. The van der Waals surface area contributed by atoms with Crippen LogP contribution < -0.4 is 24.3 Å². The van der Waals surface area contributed by atoms with E-state index in [1.165, 1.54) is 0 Å². The van der Waals surface area contributed by atoms with Gasteiger partial charge >= 0.3 is 0 Å². The minimum atomic E-state index is -0.0440. The van der Waals surface area contributed by atoms with Crippen molar-refractivity contribution in [3.8, 4) is 23.0 Å². The molecule has 0 unspecified atom stereocenters. The molecule has 0 aliphatic carbocycles. The molecule has 1 amide bonds. The number of amides is 1. The molecular weight excluding hydrogens is 322 g/mol. The number of ether oxygens (including phenoxy) is 4. The fourth-order valence-corrected chi connectivity index (χ4v) is 2.91. The lowest BCUT2D eigenvalue weighted by Gasteiger charge is -2.20. The van der Waals surface area contributed by atoms with Crippen LogP contribution >= 0.6 is 0 Å². The Morgan fingerprint density at radius 1 is 0.960 bits per heavy atom. The van der Waals surface area contributed by atoms with E-state index in [2.05, 4.69) is 5.32 Å². The topological polar surface area (TPSA) is 66.0 Å². The third-order valence-corrected chi connectivity index (χ3v) is 4.28. The van der Waals surface area contributed by atoms with Crippen molar-refractivity contribution < 1.29 is 23.7 Å². The summed E-state index contributed by atoms with van der Waals surface area (Å²) in [6.45, 7) is 3.75. The smallest absolute Gasteiger partial charge is 0.231 e. The van der Waals surface area contributed by atoms with Gasteiger partial charge in [-0.2, -0.15) is 0 Å². The Balaban J connectivity index is 1.39. The Hall–Kier alpha value is -2.89. The Morgan fingerprint density at radius 2 is 1.68 bits per heavy atom. The summed E-state index contributed by atoms with van der Waals surface area (Å²) in [5, 5.41) is 2.94. The van der Waals surface area contributed by atoms with E-state index < -0.39 is 0 Å². The van der Waals surface area contributed by atoms with Crippen molar-refractivity contribution in [2.45, 2.75) is 19.9 Å². The van der Waals surface area contributed by atoms with Gasteiger partial charge in [-0.3, -0.25) is 4.79 Å². The molecule has 6 heteroatoms. The van der Waals surface area contributed by atoms with Crippen LogP contribution in [0.5, 0.6) is 23.0 Å². The second-order valence-corrected chi connectivity index (χ2v) is 6.06. The van der Waals surface area contributed by atoms with E-state index in [9.17, 15) is 4.79 Å². The molecule has 0 bridgehead atoms. The first-order chi connectivity index (χ1) is 12.2. The molecule has 0 aromatic heterocycles. The number of carbonyl (C=O) groups is 1. The summed E-state index contributed by atoms with van der Waals surface area (Å²) in [5.74, 6) is 2.86. The van der Waals surface area contributed by atoms with Crippen LogP contribution in [-0.2, 0) is 17.8 Å². The maximum atomic E-state index is 12.3. The Labute approximate surface area is 145 Å². The van der Waals surface area contributed by atoms with E-state index in [4.69, 9.17) is 18.9 Å². The lowest BCUT2D eigenvalue weighted by Crippen LogP contribution is -2.25. The van der Waals surface area contributed by atoms with Crippen LogP contribution in [-0.4, -0.2) is 25.9 Å². The summed E-state index contributed by atoms with van der Waals surface area (Å²) in [6, 6.07) is 9.48. The zero-order chi connectivity index (χ0) is 17.2. The van der Waals surface area contributed by atoms with Gasteiger partial charge in [-0.25, -0.2) is 0 Å². The molecule has 130 valence electrons. The standard InChI is InChI=1S/C19H19NO5/c1-12-6-16-18(23-5-4-22-16)8-14(12)9-19(21)20-10-13-2-3-15-17(7-13)25-11-24-15/h2-3,6-8H,4-5,9-11H2,1H3,(H,20,21). The van der Waals surface area contributed by atoms with Crippen LogP contribution in [0.25, 0.3) is 0 Å². The number of carbonyl (C=O) groups excluding carboxylic acids is 1. The molecule has 2 aliphatic heterocycles. The zero-order valence-electron chi connectivity index (χ0n) is 14.0. The van der Waals surface area contributed by atoms with Crippen LogP contribution in [0.15, 0.2) is 30.3 Å². The van der Waals surface area contributed by atoms with Gasteiger partial charge in [-0.1, -0.05) is 6.07 Å². The van der Waals surface area contributed by atoms with E-state index in [-0.39, 0.29) is 12.7 Å². The molecule has 0 spiro atoms. The Kier molecular flexibility index (Phi) is 4.09. The molecule has 0 saturated carbocycles. The Morgan fingerprint density at radius 3 is 2.52 bits per heavy atom. The van der Waals surface area contributed by atoms with Gasteiger partial charge in [-0.05, 0) is 47.9 Å². The third kappa shape index (κ3) is 3.33. The van der Waals surface area contributed by atoms with Gasteiger partial charge in [0.15, 0.2) is 23.0 Å². The fourth-order valence-electron chi connectivity index (χ4n) is 2.91. The molecule has 2 aromatic carbocycles. The number of hydrogen-bond acceptors (Lipinski definition) is 5. The van der Waals surface area contributed by atoms with Crippen LogP contribution in [0.4, 0.5) is 0 Å². The lowest BCUT2D eigenvalue weighted by atomic mass is 10.0. The first-order valence-electron chi connectivity index (χ1n) is 8.23. The van der Waals surface area contributed by atoms with Crippen LogP contribution in [0.1, 0.15) is 16.7 Å². The van der Waals surface area contributed by atoms with Gasteiger partial charge in [0, 0.05) is 6.54 Å². The number of aryl methyl sites for hydroxylation is 1. The van der Waals surface area contributed by atoms with Gasteiger partial charge in [0.2, 0.25) is 12.7 Å². The quantitative estimate of drug-likeness (QED) is 0.925. The molecule has 6 nitrogen and oxygen atoms in total. The summed E-state index contributed by atoms with van der Waals surface area (Å²) in [7, 11) is 0. The van der Waals surface area contributed by atoms with Crippen molar-refractivity contribution >= 4 is 5.91 Å². The maximum absolute atomic E-state index is 12.3. The summed E-state index contributed by atoms with van der Waals surface area (Å²) >= 11 is 0. The summed E-state index contributed by atoms with van der Waals surface area (Å²) < 4.78 is 21.8. The monoisotopic (exact) mass is 341 g/mol. The molecule has 0 saturated heterocycles. The average molecular weight is 341 g/mol. The Bertz CT molecular complexity index is 818. The zero-order valence-corrected chi connectivity index (χ0v) is 14.0. The first-order valence-corrected chi connectivity index (χ1v) is 8.23. The number of rotatable bonds is 4. The molecule has 2 aliphatic rings. The normalized spacial score (nSPS) is 14.3. The van der Waals surface area contributed by atoms with E-state index in [0.29, 0.717) is 31.9 Å². The molecule has 2 aromatic rings. The number of benzene rings is 2. The molecule has 0 radical (unpaired) electrons. The second kappa shape index (κ2) is 6.55. The highest BCUT2D eigenvalue weighted by atomic mass is 16.7. The van der Waals surface area contributed by atoms with Gasteiger partial charge in [-0.15, -0.1) is 0 Å². The third-order valence-electron chi connectivity index (χ3n) is 4.28. The summed E-state index contributed by atoms with van der Waals surface area (Å²) in [6.07, 6.45) is 0.299. The van der Waals surface area contributed by atoms with Crippen LogP contribution in [0.3, 0.4) is 0 Å². The highest BCUT2D eigenvalue weighted by Crippen LogP contribution is 2.34. The van der Waals surface area contributed by atoms with Crippen molar-refractivity contribution in [2.24, 2.45) is 0 Å². The van der Waals surface area contributed by atoms with E-state index in [1.807, 2.05) is 37.3 Å². The molecule has 2 heterocycles. The lowest BCUT2D eigenvalue weighted by molar-refractivity contribution is -0.120. The largest absolute Gasteiger partial charge is 0.486 e. The predicted molar refractivity (Wildman–Crippen MR) is 90.3 cm³/mol. The van der Waals surface area contributed by atoms with Crippen molar-refractivity contribution in [1.82, 2.24) is 5.32 Å². The molecule has 0 atom stereocenters. The fraction of sp³-hybridized carbons (Fsp3) is 0.316. The van der Waals surface area contributed by atoms with Crippen molar-refractivity contribution in [1.29, 1.82) is 0 Å². The molecule has 25 heavy (non-hydrogen) atoms. The van der Waals surface area contributed by atoms with Gasteiger partial charge in [0.25, 0.3) is 0 Å². The SMILES string of the molecule is Cc1cc2c(cc1CC(=O)NCc1ccc3c(c1)OCO3)OCCO2. The van der Waals surface area contributed by atoms with Crippen LogP contribution in [0.2, 0.25) is 0 Å². The van der Waals surface area contributed by atoms with Crippen molar-refractivity contribution in [3.63, 3.8) is 0 Å². The molecule has 0 fully saturated rings.